The molecule has 2 aromatic rings. The molecule has 1 amide bonds. The first-order valence-electron chi connectivity index (χ1n) is 5.84. The summed E-state index contributed by atoms with van der Waals surface area (Å²) in [7, 11) is 1.56. The maximum absolute atomic E-state index is 12.5. The Morgan fingerprint density at radius 3 is 2.68 bits per heavy atom. The molecule has 1 N–H and O–H groups in total. The van der Waals surface area contributed by atoms with Gasteiger partial charge in [-0.15, -0.1) is 0 Å². The van der Waals surface area contributed by atoms with Crippen LogP contribution in [0.5, 0.6) is 0 Å². The van der Waals surface area contributed by atoms with Gasteiger partial charge in [-0.05, 0) is 18.2 Å². The van der Waals surface area contributed by atoms with E-state index in [0.717, 1.165) is 12.1 Å². The first-order chi connectivity index (χ1) is 10.2. The number of nitrogens with one attached hydrogen (secondary N) is 1. The molecule has 0 aliphatic heterocycles. The molecule has 0 aliphatic carbocycles. The first kappa shape index (κ1) is 15.9. The van der Waals surface area contributed by atoms with Gasteiger partial charge in [0.2, 0.25) is 0 Å². The second-order valence-corrected chi connectivity index (χ2v) is 4.73. The number of nitriles is 1. The zero-order valence-corrected chi connectivity index (χ0v) is 11.8. The van der Waals surface area contributed by atoms with Crippen LogP contribution in [0.25, 0.3) is 0 Å². The molecule has 0 bridgehead atoms. The third kappa shape index (κ3) is 3.20. The Morgan fingerprint density at radius 1 is 1.45 bits per heavy atom. The summed E-state index contributed by atoms with van der Waals surface area (Å²) < 4.78 is 38.9. The largest absolute Gasteiger partial charge is 0.416 e. The topological polar surface area (TPSA) is 70.7 Å². The van der Waals surface area contributed by atoms with E-state index in [2.05, 4.69) is 10.4 Å². The van der Waals surface area contributed by atoms with Crippen molar-refractivity contribution in [1.82, 2.24) is 9.78 Å². The summed E-state index contributed by atoms with van der Waals surface area (Å²) in [5, 5.41) is 14.8. The number of halogens is 4. The summed E-state index contributed by atoms with van der Waals surface area (Å²) in [4.78, 5) is 12.0. The van der Waals surface area contributed by atoms with E-state index in [1.807, 2.05) is 6.07 Å². The monoisotopic (exact) mass is 328 g/mol. The fraction of sp³-hybridized carbons (Fsp3) is 0.154. The average Bonchev–Trinajstić information content (AvgIpc) is 2.77. The third-order valence-corrected chi connectivity index (χ3v) is 3.03. The van der Waals surface area contributed by atoms with Gasteiger partial charge in [-0.25, -0.2) is 0 Å². The number of hydrogen-bond acceptors (Lipinski definition) is 3. The van der Waals surface area contributed by atoms with E-state index in [-0.39, 0.29) is 22.0 Å². The normalized spacial score (nSPS) is 11.1. The van der Waals surface area contributed by atoms with Crippen molar-refractivity contribution in [2.24, 2.45) is 7.05 Å². The minimum Gasteiger partial charge on any atom is -0.304 e. The van der Waals surface area contributed by atoms with E-state index >= 15 is 0 Å². The highest BCUT2D eigenvalue weighted by atomic mass is 35.5. The summed E-state index contributed by atoms with van der Waals surface area (Å²) in [6.45, 7) is 0. The van der Waals surface area contributed by atoms with Gasteiger partial charge in [0, 0.05) is 13.2 Å². The number of benzene rings is 1. The van der Waals surface area contributed by atoms with Crippen LogP contribution in [0.3, 0.4) is 0 Å². The first-order valence-corrected chi connectivity index (χ1v) is 6.22. The molecule has 0 spiro atoms. The maximum Gasteiger partial charge on any atom is 0.416 e. The van der Waals surface area contributed by atoms with Gasteiger partial charge in [0.25, 0.3) is 5.91 Å². The van der Waals surface area contributed by atoms with E-state index in [1.54, 1.807) is 7.05 Å². The van der Waals surface area contributed by atoms with Crippen molar-refractivity contribution < 1.29 is 18.0 Å². The predicted molar refractivity (Wildman–Crippen MR) is 72.3 cm³/mol. The number of anilines is 1. The van der Waals surface area contributed by atoms with Crippen LogP contribution in [0.1, 0.15) is 21.5 Å². The Labute approximate surface area is 127 Å². The van der Waals surface area contributed by atoms with Crippen molar-refractivity contribution in [2.45, 2.75) is 6.18 Å². The van der Waals surface area contributed by atoms with Crippen LogP contribution in [0.4, 0.5) is 19.0 Å². The standard InChI is InChI=1S/C13H8ClF3N4O/c1-21-6-7(5-18)11(20-21)19-12(22)9-3-2-8(4-10(9)14)13(15,16)17/h2-4,6H,1H3,(H,19,20,22). The van der Waals surface area contributed by atoms with Crippen molar-refractivity contribution in [3.63, 3.8) is 0 Å². The van der Waals surface area contributed by atoms with Gasteiger partial charge in [-0.2, -0.15) is 23.5 Å². The number of aryl methyl sites for hydroxylation is 1. The molecule has 0 saturated carbocycles. The molecule has 0 fully saturated rings. The molecule has 22 heavy (non-hydrogen) atoms. The fourth-order valence-corrected chi connectivity index (χ4v) is 1.98. The molecule has 2 rings (SSSR count). The van der Waals surface area contributed by atoms with Gasteiger partial charge in [-0.3, -0.25) is 9.48 Å². The second kappa shape index (κ2) is 5.69. The summed E-state index contributed by atoms with van der Waals surface area (Å²) in [6.07, 6.45) is -3.16. The molecule has 0 atom stereocenters. The molecule has 1 aromatic carbocycles. The lowest BCUT2D eigenvalue weighted by Crippen LogP contribution is -2.15. The summed E-state index contributed by atoms with van der Waals surface area (Å²) in [6, 6.07) is 4.23. The number of hydrogen-bond donors (Lipinski definition) is 1. The molecule has 5 nitrogen and oxygen atoms in total. The smallest absolute Gasteiger partial charge is 0.304 e. The molecule has 0 radical (unpaired) electrons. The van der Waals surface area contributed by atoms with Crippen LogP contribution in [0.2, 0.25) is 5.02 Å². The summed E-state index contributed by atoms with van der Waals surface area (Å²) >= 11 is 5.72. The number of amides is 1. The molecule has 0 aliphatic rings. The SMILES string of the molecule is Cn1cc(C#N)c(NC(=O)c2ccc(C(F)(F)F)cc2Cl)n1. The maximum atomic E-state index is 12.5. The summed E-state index contributed by atoms with van der Waals surface area (Å²) in [5.41, 5.74) is -0.979. The predicted octanol–water partition coefficient (Wildman–Crippen LogP) is 3.22. The lowest BCUT2D eigenvalue weighted by Gasteiger charge is -2.09. The third-order valence-electron chi connectivity index (χ3n) is 2.72. The Bertz CT molecular complexity index is 777. The van der Waals surface area contributed by atoms with Crippen LogP contribution in [0.15, 0.2) is 24.4 Å². The Morgan fingerprint density at radius 2 is 2.14 bits per heavy atom. The number of rotatable bonds is 2. The van der Waals surface area contributed by atoms with Gasteiger partial charge in [-0.1, -0.05) is 11.6 Å². The van der Waals surface area contributed by atoms with Crippen molar-refractivity contribution >= 4 is 23.3 Å². The molecule has 1 heterocycles. The number of aromatic nitrogens is 2. The van der Waals surface area contributed by atoms with Crippen LogP contribution in [0, 0.1) is 11.3 Å². The minimum absolute atomic E-state index is 0.00552. The summed E-state index contributed by atoms with van der Waals surface area (Å²) in [5.74, 6) is -0.750. The highest BCUT2D eigenvalue weighted by Gasteiger charge is 2.31. The Kier molecular flexibility index (Phi) is 4.10. The molecule has 114 valence electrons. The average molecular weight is 329 g/mol. The number of carbonyl (C=O) groups excluding carboxylic acids is 1. The molecule has 1 aromatic heterocycles. The van der Waals surface area contributed by atoms with Crippen LogP contribution < -0.4 is 5.32 Å². The highest BCUT2D eigenvalue weighted by molar-refractivity contribution is 6.34. The molecular weight excluding hydrogens is 321 g/mol. The number of alkyl halides is 3. The number of carbonyl (C=O) groups is 1. The molecule has 9 heteroatoms. The lowest BCUT2D eigenvalue weighted by atomic mass is 10.1. The van der Waals surface area contributed by atoms with Gasteiger partial charge in [0.1, 0.15) is 11.6 Å². The van der Waals surface area contributed by atoms with Crippen LogP contribution >= 0.6 is 11.6 Å². The van der Waals surface area contributed by atoms with Gasteiger partial charge in [0.15, 0.2) is 5.82 Å². The van der Waals surface area contributed by atoms with E-state index in [4.69, 9.17) is 16.9 Å². The Hall–Kier alpha value is -2.53. The van der Waals surface area contributed by atoms with Crippen LogP contribution in [-0.2, 0) is 13.2 Å². The van der Waals surface area contributed by atoms with Gasteiger partial charge >= 0.3 is 6.18 Å². The van der Waals surface area contributed by atoms with E-state index in [0.29, 0.717) is 6.07 Å². The molecule has 0 saturated heterocycles. The van der Waals surface area contributed by atoms with Gasteiger partial charge < -0.3 is 5.32 Å². The zero-order valence-electron chi connectivity index (χ0n) is 11.1. The Balaban J connectivity index is 2.29. The van der Waals surface area contributed by atoms with Crippen molar-refractivity contribution in [3.05, 3.63) is 46.1 Å². The van der Waals surface area contributed by atoms with Gasteiger partial charge in [0.05, 0.1) is 16.1 Å². The quantitative estimate of drug-likeness (QED) is 0.920. The van der Waals surface area contributed by atoms with E-state index in [9.17, 15) is 18.0 Å². The van der Waals surface area contributed by atoms with Crippen molar-refractivity contribution in [3.8, 4) is 6.07 Å². The lowest BCUT2D eigenvalue weighted by molar-refractivity contribution is -0.137. The minimum atomic E-state index is -4.55. The number of nitrogens with zero attached hydrogens (tertiary/aromatic N) is 3. The molecule has 0 unspecified atom stereocenters. The van der Waals surface area contributed by atoms with Crippen molar-refractivity contribution in [2.75, 3.05) is 5.32 Å². The highest BCUT2D eigenvalue weighted by Crippen LogP contribution is 2.32. The van der Waals surface area contributed by atoms with E-state index in [1.165, 1.54) is 10.9 Å². The molecular formula is C13H8ClF3N4O. The van der Waals surface area contributed by atoms with Crippen LogP contribution in [-0.4, -0.2) is 15.7 Å². The fourth-order valence-electron chi connectivity index (χ4n) is 1.71. The van der Waals surface area contributed by atoms with Crippen molar-refractivity contribution in [1.29, 1.82) is 5.26 Å². The second-order valence-electron chi connectivity index (χ2n) is 4.32. The van der Waals surface area contributed by atoms with E-state index < -0.39 is 17.6 Å². The zero-order chi connectivity index (χ0) is 16.5.